The molecule has 3 aromatic carbocycles. The average Bonchev–Trinajstić information content (AvgIpc) is 3.55. The number of pyridine rings is 2. The Labute approximate surface area is 256 Å². The lowest BCUT2D eigenvalue weighted by atomic mass is 9.80. The number of rotatable bonds is 7. The number of carbonyl (C=O) groups is 1. The fourth-order valence-electron chi connectivity index (χ4n) is 5.26. The molecule has 0 radical (unpaired) electrons. The van der Waals surface area contributed by atoms with E-state index in [2.05, 4.69) is 26.7 Å². The summed E-state index contributed by atoms with van der Waals surface area (Å²) in [6, 6.07) is 29.3. The van der Waals surface area contributed by atoms with E-state index in [0.717, 1.165) is 47.6 Å². The van der Waals surface area contributed by atoms with Crippen molar-refractivity contribution in [2.24, 2.45) is 0 Å². The zero-order chi connectivity index (χ0) is 31.0. The van der Waals surface area contributed by atoms with Gasteiger partial charge in [0.2, 0.25) is 0 Å². The summed E-state index contributed by atoms with van der Waals surface area (Å²) in [6.45, 7) is 0.546. The molecule has 2 heterocycles. The molecule has 1 aliphatic rings. The van der Waals surface area contributed by atoms with Crippen LogP contribution in [0.25, 0.3) is 10.8 Å². The van der Waals surface area contributed by atoms with Crippen molar-refractivity contribution in [3.63, 3.8) is 0 Å². The third kappa shape index (κ3) is 7.26. The highest BCUT2D eigenvalue weighted by Gasteiger charge is 2.35. The number of hydrogen-bond donors (Lipinski definition) is 3. The van der Waals surface area contributed by atoms with Crippen LogP contribution in [0.1, 0.15) is 47.2 Å². The van der Waals surface area contributed by atoms with Gasteiger partial charge in [-0.1, -0.05) is 55.3 Å². The molecule has 0 spiro atoms. The SMILES string of the molecule is N#CC1(c2ccc(NC(=O)c3cccnc3NCc3ccncc3)cc2)CCCC1.O=S(=O)(O)c1ccc2ccccc2c1. The molecule has 1 saturated carbocycles. The van der Waals surface area contributed by atoms with E-state index in [1.54, 1.807) is 42.9 Å². The van der Waals surface area contributed by atoms with Gasteiger partial charge in [0, 0.05) is 30.8 Å². The monoisotopic (exact) mass is 605 g/mol. The van der Waals surface area contributed by atoms with Gasteiger partial charge >= 0.3 is 0 Å². The Bertz CT molecular complexity index is 1900. The molecule has 0 bridgehead atoms. The molecule has 1 aliphatic carbocycles. The van der Waals surface area contributed by atoms with Gasteiger partial charge < -0.3 is 10.6 Å². The largest absolute Gasteiger partial charge is 0.365 e. The van der Waals surface area contributed by atoms with Gasteiger partial charge in [0.05, 0.1) is 21.9 Å². The van der Waals surface area contributed by atoms with Gasteiger partial charge in [-0.05, 0) is 83.3 Å². The molecule has 1 fully saturated rings. The molecule has 6 rings (SSSR count). The van der Waals surface area contributed by atoms with E-state index in [-0.39, 0.29) is 16.2 Å². The molecule has 0 atom stereocenters. The molecule has 44 heavy (non-hydrogen) atoms. The van der Waals surface area contributed by atoms with Crippen molar-refractivity contribution < 1.29 is 17.8 Å². The minimum Gasteiger partial charge on any atom is -0.365 e. The van der Waals surface area contributed by atoms with Crippen LogP contribution in [0, 0.1) is 11.3 Å². The first-order chi connectivity index (χ1) is 21.3. The second-order valence-corrected chi connectivity index (χ2v) is 11.9. The molecular formula is C34H31N5O4S. The summed E-state index contributed by atoms with van der Waals surface area (Å²) in [6.07, 6.45) is 9.09. The summed E-state index contributed by atoms with van der Waals surface area (Å²) in [5.74, 6) is 0.293. The van der Waals surface area contributed by atoms with Gasteiger partial charge in [-0.3, -0.25) is 14.3 Å². The standard InChI is InChI=1S/C24H23N5O.C10H8O3S/c25-17-24(11-1-2-12-24)19-5-7-20(8-6-19)29-23(30)21-4-3-13-27-22(21)28-16-18-9-14-26-15-10-18;11-14(12,13)10-6-5-8-3-1-2-4-9(8)7-10/h3-10,13-15H,1-2,11-12,16H2,(H,27,28)(H,29,30);1-7H,(H,11,12,13). The van der Waals surface area contributed by atoms with Gasteiger partial charge in [-0.2, -0.15) is 13.7 Å². The third-order valence-electron chi connectivity index (χ3n) is 7.65. The number of nitriles is 1. The predicted molar refractivity (Wildman–Crippen MR) is 170 cm³/mol. The molecule has 0 saturated heterocycles. The lowest BCUT2D eigenvalue weighted by molar-refractivity contribution is 0.102. The summed E-state index contributed by atoms with van der Waals surface area (Å²) in [4.78, 5) is 21.1. The fourth-order valence-corrected chi connectivity index (χ4v) is 5.77. The van der Waals surface area contributed by atoms with Crippen LogP contribution in [-0.4, -0.2) is 28.8 Å². The Morgan fingerprint density at radius 1 is 0.886 bits per heavy atom. The van der Waals surface area contributed by atoms with Crippen LogP contribution in [-0.2, 0) is 22.1 Å². The normalized spacial score (nSPS) is 13.7. The number of anilines is 2. The zero-order valence-corrected chi connectivity index (χ0v) is 24.7. The molecule has 9 nitrogen and oxygen atoms in total. The molecule has 0 aliphatic heterocycles. The lowest BCUT2D eigenvalue weighted by Gasteiger charge is -2.21. The second-order valence-electron chi connectivity index (χ2n) is 10.5. The van der Waals surface area contributed by atoms with Gasteiger partial charge in [0.1, 0.15) is 5.82 Å². The topological polar surface area (TPSA) is 145 Å². The summed E-state index contributed by atoms with van der Waals surface area (Å²) in [5.41, 5.74) is 2.87. The summed E-state index contributed by atoms with van der Waals surface area (Å²) in [7, 11) is -4.09. The Kier molecular flexibility index (Phi) is 9.29. The molecule has 2 aromatic heterocycles. The number of carbonyl (C=O) groups excluding carboxylic acids is 1. The van der Waals surface area contributed by atoms with Crippen LogP contribution < -0.4 is 10.6 Å². The van der Waals surface area contributed by atoms with E-state index in [1.807, 2.05) is 54.6 Å². The smallest absolute Gasteiger partial charge is 0.294 e. The van der Waals surface area contributed by atoms with E-state index in [4.69, 9.17) is 4.55 Å². The van der Waals surface area contributed by atoms with E-state index >= 15 is 0 Å². The first-order valence-corrected chi connectivity index (χ1v) is 15.6. The third-order valence-corrected chi connectivity index (χ3v) is 8.50. The Morgan fingerprint density at radius 2 is 1.59 bits per heavy atom. The Balaban J connectivity index is 0.000000229. The molecule has 10 heteroatoms. The second kappa shape index (κ2) is 13.5. The van der Waals surface area contributed by atoms with Crippen molar-refractivity contribution >= 4 is 38.3 Å². The van der Waals surface area contributed by atoms with Crippen molar-refractivity contribution in [3.05, 3.63) is 126 Å². The number of amides is 1. The number of hydrogen-bond acceptors (Lipinski definition) is 7. The van der Waals surface area contributed by atoms with Crippen LogP contribution in [0.2, 0.25) is 0 Å². The minimum absolute atomic E-state index is 0.0730. The number of fused-ring (bicyclic) bond motifs is 1. The highest BCUT2D eigenvalue weighted by molar-refractivity contribution is 7.85. The number of aromatic nitrogens is 2. The fraction of sp³-hybridized carbons (Fsp3) is 0.176. The predicted octanol–water partition coefficient (Wildman–Crippen LogP) is 6.76. The zero-order valence-electron chi connectivity index (χ0n) is 23.8. The van der Waals surface area contributed by atoms with E-state index < -0.39 is 10.1 Å². The van der Waals surface area contributed by atoms with E-state index in [9.17, 15) is 18.5 Å². The van der Waals surface area contributed by atoms with Crippen LogP contribution in [0.5, 0.6) is 0 Å². The molecule has 222 valence electrons. The maximum Gasteiger partial charge on any atom is 0.294 e. The molecule has 1 amide bonds. The minimum atomic E-state index is -4.09. The van der Waals surface area contributed by atoms with Crippen molar-refractivity contribution in [3.8, 4) is 6.07 Å². The Hall–Kier alpha value is -5.11. The van der Waals surface area contributed by atoms with E-state index in [0.29, 0.717) is 23.6 Å². The molecule has 0 unspecified atom stereocenters. The van der Waals surface area contributed by atoms with Crippen molar-refractivity contribution in [1.82, 2.24) is 9.97 Å². The number of nitrogens with one attached hydrogen (secondary N) is 2. The van der Waals surface area contributed by atoms with Crippen LogP contribution in [0.15, 0.2) is 114 Å². The molecule has 3 N–H and O–H groups in total. The molecule has 5 aromatic rings. The van der Waals surface area contributed by atoms with Gasteiger partial charge in [0.15, 0.2) is 0 Å². The highest BCUT2D eigenvalue weighted by Crippen LogP contribution is 2.40. The van der Waals surface area contributed by atoms with Crippen LogP contribution >= 0.6 is 0 Å². The first-order valence-electron chi connectivity index (χ1n) is 14.1. The summed E-state index contributed by atoms with van der Waals surface area (Å²) >= 11 is 0. The van der Waals surface area contributed by atoms with Gasteiger partial charge in [0.25, 0.3) is 16.0 Å². The lowest BCUT2D eigenvalue weighted by Crippen LogP contribution is -2.19. The molecular weight excluding hydrogens is 574 g/mol. The summed E-state index contributed by atoms with van der Waals surface area (Å²) in [5, 5.41) is 17.6. The van der Waals surface area contributed by atoms with Gasteiger partial charge in [-0.25, -0.2) is 4.98 Å². The quantitative estimate of drug-likeness (QED) is 0.173. The first kappa shape index (κ1) is 30.4. The summed E-state index contributed by atoms with van der Waals surface area (Å²) < 4.78 is 30.5. The number of nitrogens with zero attached hydrogens (tertiary/aromatic N) is 3. The van der Waals surface area contributed by atoms with Crippen LogP contribution in [0.3, 0.4) is 0 Å². The highest BCUT2D eigenvalue weighted by atomic mass is 32.2. The van der Waals surface area contributed by atoms with E-state index in [1.165, 1.54) is 12.1 Å². The maximum absolute atomic E-state index is 12.9. The van der Waals surface area contributed by atoms with Crippen molar-refractivity contribution in [1.29, 1.82) is 5.26 Å². The number of benzene rings is 3. The van der Waals surface area contributed by atoms with Gasteiger partial charge in [-0.15, -0.1) is 0 Å². The average molecular weight is 606 g/mol. The van der Waals surface area contributed by atoms with Crippen molar-refractivity contribution in [2.45, 2.75) is 42.5 Å². The maximum atomic E-state index is 12.9. The van der Waals surface area contributed by atoms with Crippen molar-refractivity contribution in [2.75, 3.05) is 10.6 Å². The van der Waals surface area contributed by atoms with Crippen LogP contribution in [0.4, 0.5) is 11.5 Å². The Morgan fingerprint density at radius 3 is 2.27 bits per heavy atom.